The van der Waals surface area contributed by atoms with E-state index in [4.69, 9.17) is 4.74 Å². The molecule has 0 aliphatic rings. The summed E-state index contributed by atoms with van der Waals surface area (Å²) in [5.41, 5.74) is 0.864. The van der Waals surface area contributed by atoms with Crippen LogP contribution >= 0.6 is 0 Å². The molecule has 4 nitrogen and oxygen atoms in total. The lowest BCUT2D eigenvalue weighted by molar-refractivity contribution is 0.228. The van der Waals surface area contributed by atoms with Crippen molar-refractivity contribution in [2.24, 2.45) is 0 Å². The van der Waals surface area contributed by atoms with Crippen molar-refractivity contribution in [3.05, 3.63) is 11.4 Å². The van der Waals surface area contributed by atoms with Gasteiger partial charge in [0, 0.05) is 12.5 Å². The van der Waals surface area contributed by atoms with Crippen LogP contribution in [0.3, 0.4) is 0 Å². The minimum absolute atomic E-state index is 0.0889. The number of nitrogens with zero attached hydrogens (tertiary/aromatic N) is 2. The van der Waals surface area contributed by atoms with Crippen molar-refractivity contribution < 1.29 is 4.74 Å². The fraction of sp³-hybridized carbons (Fsp3) is 0.692. The van der Waals surface area contributed by atoms with E-state index in [9.17, 15) is 0 Å². The van der Waals surface area contributed by atoms with Crippen LogP contribution in [0.4, 0.5) is 5.82 Å². The van der Waals surface area contributed by atoms with Gasteiger partial charge in [0.1, 0.15) is 11.6 Å². The average Bonchev–Trinajstić information content (AvgIpc) is 2.18. The fourth-order valence-corrected chi connectivity index (χ4v) is 1.41. The van der Waals surface area contributed by atoms with E-state index < -0.39 is 0 Å². The first kappa shape index (κ1) is 13.7. The zero-order chi connectivity index (χ0) is 13.2. The molecule has 0 radical (unpaired) electrons. The van der Waals surface area contributed by atoms with Gasteiger partial charge >= 0.3 is 0 Å². The summed E-state index contributed by atoms with van der Waals surface area (Å²) in [6.45, 7) is 12.2. The van der Waals surface area contributed by atoms with Gasteiger partial charge in [-0.3, -0.25) is 0 Å². The number of aromatic nitrogens is 2. The summed E-state index contributed by atoms with van der Waals surface area (Å²) in [6, 6.07) is 0. The summed E-state index contributed by atoms with van der Waals surface area (Å²) in [7, 11) is 1.86. The Labute approximate surface area is 104 Å². The maximum absolute atomic E-state index is 5.73. The van der Waals surface area contributed by atoms with Crippen LogP contribution in [0.1, 0.15) is 46.0 Å². The number of anilines is 1. The molecule has 0 saturated heterocycles. The van der Waals surface area contributed by atoms with Crippen LogP contribution in [0.5, 0.6) is 5.88 Å². The number of hydrogen-bond donors (Lipinski definition) is 1. The Morgan fingerprint density at radius 3 is 2.18 bits per heavy atom. The summed E-state index contributed by atoms with van der Waals surface area (Å²) in [5, 5.41) is 3.09. The largest absolute Gasteiger partial charge is 0.475 e. The molecule has 0 aliphatic carbocycles. The second-order valence-corrected chi connectivity index (χ2v) is 5.49. The second-order valence-electron chi connectivity index (χ2n) is 5.49. The van der Waals surface area contributed by atoms with Crippen LogP contribution in [0.2, 0.25) is 0 Å². The summed E-state index contributed by atoms with van der Waals surface area (Å²) in [4.78, 5) is 9.05. The zero-order valence-electron chi connectivity index (χ0n) is 11.9. The van der Waals surface area contributed by atoms with E-state index in [0.29, 0.717) is 5.88 Å². The van der Waals surface area contributed by atoms with Gasteiger partial charge < -0.3 is 10.1 Å². The molecule has 1 heterocycles. The fourth-order valence-electron chi connectivity index (χ4n) is 1.41. The number of rotatable bonds is 3. The number of ether oxygens (including phenoxy) is 1. The Bertz CT molecular complexity index is 394. The van der Waals surface area contributed by atoms with Crippen LogP contribution in [0.25, 0.3) is 0 Å². The van der Waals surface area contributed by atoms with E-state index in [2.05, 4.69) is 36.1 Å². The van der Waals surface area contributed by atoms with Gasteiger partial charge in [0.2, 0.25) is 5.88 Å². The van der Waals surface area contributed by atoms with E-state index >= 15 is 0 Å². The van der Waals surface area contributed by atoms with Crippen molar-refractivity contribution in [3.8, 4) is 5.88 Å². The molecule has 1 aromatic heterocycles. The maximum Gasteiger partial charge on any atom is 0.222 e. The molecule has 0 amide bonds. The zero-order valence-corrected chi connectivity index (χ0v) is 11.9. The Balaban J connectivity index is 3.28. The van der Waals surface area contributed by atoms with E-state index in [-0.39, 0.29) is 11.5 Å². The molecule has 4 heteroatoms. The van der Waals surface area contributed by atoms with Crippen molar-refractivity contribution >= 4 is 5.82 Å². The third-order valence-electron chi connectivity index (χ3n) is 2.36. The van der Waals surface area contributed by atoms with Crippen molar-refractivity contribution in [1.29, 1.82) is 0 Å². The molecule has 0 bridgehead atoms. The van der Waals surface area contributed by atoms with E-state index in [0.717, 1.165) is 17.2 Å². The maximum atomic E-state index is 5.73. The third-order valence-corrected chi connectivity index (χ3v) is 2.36. The second kappa shape index (κ2) is 4.90. The Hall–Kier alpha value is -1.32. The van der Waals surface area contributed by atoms with Crippen molar-refractivity contribution in [3.63, 3.8) is 0 Å². The molecule has 0 saturated carbocycles. The van der Waals surface area contributed by atoms with E-state index in [1.54, 1.807) is 0 Å². The highest BCUT2D eigenvalue weighted by Crippen LogP contribution is 2.27. The van der Waals surface area contributed by atoms with Gasteiger partial charge in [-0.15, -0.1) is 0 Å². The first-order valence-corrected chi connectivity index (χ1v) is 5.99. The molecule has 0 aromatic carbocycles. The van der Waals surface area contributed by atoms with Gasteiger partial charge in [0.15, 0.2) is 0 Å². The van der Waals surface area contributed by atoms with Crippen molar-refractivity contribution in [2.75, 3.05) is 12.4 Å². The summed E-state index contributed by atoms with van der Waals surface area (Å²) < 4.78 is 5.73. The van der Waals surface area contributed by atoms with Gasteiger partial charge in [-0.1, -0.05) is 20.8 Å². The van der Waals surface area contributed by atoms with Crippen LogP contribution in [0.15, 0.2) is 0 Å². The lowest BCUT2D eigenvalue weighted by Gasteiger charge is -2.21. The van der Waals surface area contributed by atoms with Gasteiger partial charge in [0.05, 0.1) is 11.7 Å². The Morgan fingerprint density at radius 2 is 1.76 bits per heavy atom. The number of nitrogens with one attached hydrogen (secondary N) is 1. The Morgan fingerprint density at radius 1 is 1.18 bits per heavy atom. The molecule has 0 fully saturated rings. The first-order chi connectivity index (χ1) is 7.75. The molecular formula is C13H23N3O. The standard InChI is InChI=1S/C13H23N3O/c1-8(2)17-11-9(3)10(14-7)15-12(16-11)13(4,5)6/h8H,1-7H3,(H,14,15,16). The number of hydrogen-bond acceptors (Lipinski definition) is 4. The topological polar surface area (TPSA) is 47.0 Å². The van der Waals surface area contributed by atoms with Gasteiger partial charge in [0.25, 0.3) is 0 Å². The quantitative estimate of drug-likeness (QED) is 0.878. The smallest absolute Gasteiger partial charge is 0.222 e. The summed E-state index contributed by atoms with van der Waals surface area (Å²) >= 11 is 0. The summed E-state index contributed by atoms with van der Waals surface area (Å²) in [5.74, 6) is 2.30. The molecule has 0 spiro atoms. The Kier molecular flexibility index (Phi) is 3.96. The predicted octanol–water partition coefficient (Wildman–Crippen LogP) is 2.91. The normalized spacial score (nSPS) is 11.8. The molecule has 1 aromatic rings. The van der Waals surface area contributed by atoms with Gasteiger partial charge in [-0.25, -0.2) is 4.98 Å². The predicted molar refractivity (Wildman–Crippen MR) is 70.8 cm³/mol. The first-order valence-electron chi connectivity index (χ1n) is 5.99. The van der Waals surface area contributed by atoms with Gasteiger partial charge in [-0.2, -0.15) is 4.98 Å². The van der Waals surface area contributed by atoms with Crippen molar-refractivity contribution in [2.45, 2.75) is 53.1 Å². The average molecular weight is 237 g/mol. The molecule has 1 N–H and O–H groups in total. The minimum Gasteiger partial charge on any atom is -0.475 e. The molecular weight excluding hydrogens is 214 g/mol. The van der Waals surface area contributed by atoms with Crippen LogP contribution in [0, 0.1) is 6.92 Å². The highest BCUT2D eigenvalue weighted by atomic mass is 16.5. The molecule has 96 valence electrons. The lowest BCUT2D eigenvalue weighted by atomic mass is 9.95. The molecule has 17 heavy (non-hydrogen) atoms. The SMILES string of the molecule is CNc1nc(C(C)(C)C)nc(OC(C)C)c1C. The summed E-state index contributed by atoms with van der Waals surface area (Å²) in [6.07, 6.45) is 0.112. The van der Waals surface area contributed by atoms with Crippen LogP contribution in [-0.4, -0.2) is 23.1 Å². The van der Waals surface area contributed by atoms with Crippen LogP contribution in [-0.2, 0) is 5.41 Å². The van der Waals surface area contributed by atoms with Gasteiger partial charge in [-0.05, 0) is 20.8 Å². The molecule has 0 atom stereocenters. The van der Waals surface area contributed by atoms with Crippen molar-refractivity contribution in [1.82, 2.24) is 9.97 Å². The van der Waals surface area contributed by atoms with E-state index in [1.807, 2.05) is 27.8 Å². The minimum atomic E-state index is -0.0889. The monoisotopic (exact) mass is 237 g/mol. The molecule has 1 rings (SSSR count). The highest BCUT2D eigenvalue weighted by molar-refractivity contribution is 5.48. The third kappa shape index (κ3) is 3.32. The highest BCUT2D eigenvalue weighted by Gasteiger charge is 2.21. The molecule has 0 aliphatic heterocycles. The lowest BCUT2D eigenvalue weighted by Crippen LogP contribution is -2.19. The van der Waals surface area contributed by atoms with E-state index in [1.165, 1.54) is 0 Å². The molecule has 0 unspecified atom stereocenters. The van der Waals surface area contributed by atoms with Crippen LogP contribution < -0.4 is 10.1 Å².